The molecule has 10 heavy (non-hydrogen) atoms. The standard InChI is InChI=1S/C5H8F2O3/c1-2-3(8)5(6,7)4(9)10/h3,8H,2H2,1H3,(H,9,10)/t3-/m0/s1. The summed E-state index contributed by atoms with van der Waals surface area (Å²) >= 11 is 0. The summed E-state index contributed by atoms with van der Waals surface area (Å²) < 4.78 is 24.2. The number of hydrogen-bond donors (Lipinski definition) is 2. The van der Waals surface area contributed by atoms with Crippen LogP contribution in [0.2, 0.25) is 0 Å². The Hall–Kier alpha value is -0.710. The first-order valence-corrected chi connectivity index (χ1v) is 2.72. The van der Waals surface area contributed by atoms with Crippen LogP contribution in [0.4, 0.5) is 8.78 Å². The molecule has 0 aliphatic heterocycles. The van der Waals surface area contributed by atoms with E-state index in [1.54, 1.807) is 0 Å². The van der Waals surface area contributed by atoms with Crippen LogP contribution in [0.5, 0.6) is 0 Å². The molecule has 0 saturated heterocycles. The van der Waals surface area contributed by atoms with E-state index in [1.807, 2.05) is 0 Å². The highest BCUT2D eigenvalue weighted by Gasteiger charge is 2.45. The van der Waals surface area contributed by atoms with Crippen molar-refractivity contribution in [1.82, 2.24) is 0 Å². The molecule has 0 aromatic heterocycles. The maximum Gasteiger partial charge on any atom is 0.377 e. The molecule has 0 aliphatic carbocycles. The molecule has 2 N–H and O–H groups in total. The molecule has 0 aliphatic rings. The van der Waals surface area contributed by atoms with E-state index >= 15 is 0 Å². The van der Waals surface area contributed by atoms with Crippen molar-refractivity contribution in [3.05, 3.63) is 0 Å². The van der Waals surface area contributed by atoms with Gasteiger partial charge in [0, 0.05) is 0 Å². The Kier molecular flexibility index (Phi) is 2.71. The lowest BCUT2D eigenvalue weighted by Crippen LogP contribution is -2.40. The first-order valence-electron chi connectivity index (χ1n) is 2.72. The van der Waals surface area contributed by atoms with Gasteiger partial charge in [0.25, 0.3) is 0 Å². The van der Waals surface area contributed by atoms with Crippen LogP contribution in [0.3, 0.4) is 0 Å². The zero-order valence-electron chi connectivity index (χ0n) is 5.34. The summed E-state index contributed by atoms with van der Waals surface area (Å²) in [5.41, 5.74) is 0. The van der Waals surface area contributed by atoms with Crippen LogP contribution >= 0.6 is 0 Å². The predicted octanol–water partition coefficient (Wildman–Crippen LogP) is 0.477. The summed E-state index contributed by atoms with van der Waals surface area (Å²) in [4.78, 5) is 9.71. The molecular formula is C5H8F2O3. The normalized spacial score (nSPS) is 14.8. The number of aliphatic hydroxyl groups excluding tert-OH is 1. The van der Waals surface area contributed by atoms with E-state index < -0.39 is 18.0 Å². The molecule has 1 atom stereocenters. The monoisotopic (exact) mass is 154 g/mol. The van der Waals surface area contributed by atoms with E-state index in [4.69, 9.17) is 10.2 Å². The summed E-state index contributed by atoms with van der Waals surface area (Å²) in [6.45, 7) is 1.28. The van der Waals surface area contributed by atoms with Crippen LogP contribution in [0.25, 0.3) is 0 Å². The Morgan fingerprint density at radius 2 is 2.10 bits per heavy atom. The Bertz CT molecular complexity index is 135. The third-order valence-corrected chi connectivity index (χ3v) is 1.09. The number of aliphatic hydroxyl groups is 1. The first-order chi connectivity index (χ1) is 4.42. The van der Waals surface area contributed by atoms with Crippen molar-refractivity contribution >= 4 is 5.97 Å². The lowest BCUT2D eigenvalue weighted by molar-refractivity contribution is -0.182. The highest BCUT2D eigenvalue weighted by Crippen LogP contribution is 2.20. The highest BCUT2D eigenvalue weighted by molar-refractivity contribution is 5.76. The van der Waals surface area contributed by atoms with Gasteiger partial charge in [0.2, 0.25) is 0 Å². The van der Waals surface area contributed by atoms with Crippen molar-refractivity contribution in [3.63, 3.8) is 0 Å². The van der Waals surface area contributed by atoms with Crippen molar-refractivity contribution in [2.75, 3.05) is 0 Å². The van der Waals surface area contributed by atoms with Crippen LogP contribution in [0.15, 0.2) is 0 Å². The van der Waals surface area contributed by atoms with E-state index in [2.05, 4.69) is 0 Å². The largest absolute Gasteiger partial charge is 0.477 e. The fourth-order valence-corrected chi connectivity index (χ4v) is 0.399. The zero-order chi connectivity index (χ0) is 8.36. The smallest absolute Gasteiger partial charge is 0.377 e. The summed E-state index contributed by atoms with van der Waals surface area (Å²) in [6.07, 6.45) is -2.37. The average molecular weight is 154 g/mol. The minimum absolute atomic E-state index is 0.278. The molecule has 0 aromatic rings. The molecule has 0 amide bonds. The average Bonchev–Trinajstić information content (AvgIpc) is 1.86. The van der Waals surface area contributed by atoms with Gasteiger partial charge in [-0.2, -0.15) is 8.78 Å². The third kappa shape index (κ3) is 1.63. The second-order valence-corrected chi connectivity index (χ2v) is 1.85. The Balaban J connectivity index is 4.23. The minimum Gasteiger partial charge on any atom is -0.477 e. The number of carboxylic acid groups (broad SMARTS) is 1. The number of alkyl halides is 2. The molecule has 5 heteroatoms. The number of halogens is 2. The molecule has 0 saturated carbocycles. The van der Waals surface area contributed by atoms with Crippen LogP contribution in [0.1, 0.15) is 13.3 Å². The van der Waals surface area contributed by atoms with E-state index in [0.717, 1.165) is 0 Å². The van der Waals surface area contributed by atoms with Gasteiger partial charge in [0.15, 0.2) is 0 Å². The molecule has 60 valence electrons. The van der Waals surface area contributed by atoms with Crippen molar-refractivity contribution in [2.45, 2.75) is 25.4 Å². The molecule has 0 fully saturated rings. The van der Waals surface area contributed by atoms with Gasteiger partial charge in [-0.1, -0.05) is 6.92 Å². The molecule has 0 rings (SSSR count). The predicted molar refractivity (Wildman–Crippen MR) is 28.9 cm³/mol. The SMILES string of the molecule is CC[C@H](O)C(F)(F)C(=O)O. The van der Waals surface area contributed by atoms with Crippen LogP contribution < -0.4 is 0 Å². The molecule has 0 spiro atoms. The van der Waals surface area contributed by atoms with Gasteiger partial charge < -0.3 is 10.2 Å². The van der Waals surface area contributed by atoms with Gasteiger partial charge in [-0.3, -0.25) is 0 Å². The number of aliphatic carboxylic acids is 1. The van der Waals surface area contributed by atoms with Gasteiger partial charge in [0.1, 0.15) is 6.10 Å². The van der Waals surface area contributed by atoms with Crippen molar-refractivity contribution in [1.29, 1.82) is 0 Å². The number of carbonyl (C=O) groups is 1. The quantitative estimate of drug-likeness (QED) is 0.621. The van der Waals surface area contributed by atoms with Crippen molar-refractivity contribution in [3.8, 4) is 0 Å². The maximum atomic E-state index is 12.1. The highest BCUT2D eigenvalue weighted by atomic mass is 19.3. The van der Waals surface area contributed by atoms with Gasteiger partial charge in [-0.25, -0.2) is 4.79 Å². The van der Waals surface area contributed by atoms with Crippen LogP contribution in [-0.4, -0.2) is 28.2 Å². The minimum atomic E-state index is -4.02. The summed E-state index contributed by atoms with van der Waals surface area (Å²) in [5, 5.41) is 16.3. The Labute approximate surface area is 56.3 Å². The third-order valence-electron chi connectivity index (χ3n) is 1.09. The van der Waals surface area contributed by atoms with Crippen LogP contribution in [-0.2, 0) is 4.79 Å². The number of rotatable bonds is 3. The molecular weight excluding hydrogens is 146 g/mol. The van der Waals surface area contributed by atoms with Gasteiger partial charge in [0.05, 0.1) is 0 Å². The van der Waals surface area contributed by atoms with Crippen LogP contribution in [0, 0.1) is 0 Å². The molecule has 0 bridgehead atoms. The maximum absolute atomic E-state index is 12.1. The lowest BCUT2D eigenvalue weighted by atomic mass is 10.1. The van der Waals surface area contributed by atoms with E-state index in [9.17, 15) is 13.6 Å². The number of carboxylic acids is 1. The van der Waals surface area contributed by atoms with Crippen molar-refractivity contribution < 1.29 is 23.8 Å². The Morgan fingerprint density at radius 3 is 2.20 bits per heavy atom. The van der Waals surface area contributed by atoms with E-state index in [-0.39, 0.29) is 6.42 Å². The topological polar surface area (TPSA) is 57.5 Å². The van der Waals surface area contributed by atoms with E-state index in [0.29, 0.717) is 0 Å². The molecule has 0 heterocycles. The number of hydrogen-bond acceptors (Lipinski definition) is 2. The summed E-state index contributed by atoms with van der Waals surface area (Å²) in [6, 6.07) is 0. The molecule has 0 radical (unpaired) electrons. The molecule has 3 nitrogen and oxygen atoms in total. The summed E-state index contributed by atoms with van der Waals surface area (Å²) in [7, 11) is 0. The molecule has 0 unspecified atom stereocenters. The summed E-state index contributed by atoms with van der Waals surface area (Å²) in [5.74, 6) is -6.31. The zero-order valence-corrected chi connectivity index (χ0v) is 5.34. The first kappa shape index (κ1) is 9.29. The van der Waals surface area contributed by atoms with Gasteiger partial charge in [-0.15, -0.1) is 0 Å². The molecule has 0 aromatic carbocycles. The van der Waals surface area contributed by atoms with E-state index in [1.165, 1.54) is 6.92 Å². The van der Waals surface area contributed by atoms with Gasteiger partial charge in [-0.05, 0) is 6.42 Å². The fourth-order valence-electron chi connectivity index (χ4n) is 0.399. The van der Waals surface area contributed by atoms with Crippen molar-refractivity contribution in [2.24, 2.45) is 0 Å². The van der Waals surface area contributed by atoms with Gasteiger partial charge >= 0.3 is 11.9 Å². The lowest BCUT2D eigenvalue weighted by Gasteiger charge is -2.15. The Morgan fingerprint density at radius 1 is 1.70 bits per heavy atom. The fraction of sp³-hybridized carbons (Fsp3) is 0.800. The second kappa shape index (κ2) is 2.92. The second-order valence-electron chi connectivity index (χ2n) is 1.85.